The number of carbonyl (C=O) groups is 2. The highest BCUT2D eigenvalue weighted by molar-refractivity contribution is 5.70. The van der Waals surface area contributed by atoms with Crippen LogP contribution in [-0.2, 0) is 38.0 Å². The van der Waals surface area contributed by atoms with Gasteiger partial charge in [-0.1, -0.05) is 197 Å². The Morgan fingerprint density at radius 1 is 0.478 bits per heavy atom. The number of ether oxygens (including phenoxy) is 6. The maximum atomic E-state index is 13.0. The number of hydrogen-bond acceptors (Lipinski definition) is 15. The number of rotatable bonds is 40. The quantitative estimate of drug-likeness (QED) is 0.0178. The highest BCUT2D eigenvalue weighted by Crippen LogP contribution is 2.26. The monoisotopic (exact) mass is 981 g/mol. The Bertz CT molecular complexity index is 1430. The van der Waals surface area contributed by atoms with Gasteiger partial charge in [0.1, 0.15) is 55.4 Å². The van der Waals surface area contributed by atoms with Crippen molar-refractivity contribution in [2.75, 3.05) is 26.4 Å². The van der Waals surface area contributed by atoms with Crippen molar-refractivity contribution in [1.29, 1.82) is 0 Å². The van der Waals surface area contributed by atoms with Crippen LogP contribution >= 0.6 is 0 Å². The Hall–Kier alpha value is -2.80. The molecule has 15 nitrogen and oxygen atoms in total. The number of esters is 2. The van der Waals surface area contributed by atoms with Gasteiger partial charge in [0.25, 0.3) is 0 Å². The van der Waals surface area contributed by atoms with Gasteiger partial charge in [0.2, 0.25) is 0 Å². The molecule has 0 aromatic carbocycles. The third-order valence-corrected chi connectivity index (χ3v) is 12.4. The minimum Gasteiger partial charge on any atom is -0.462 e. The van der Waals surface area contributed by atoms with E-state index in [1.54, 1.807) is 0 Å². The number of hydrogen-bond donors (Lipinski definition) is 7. The molecule has 2 heterocycles. The molecule has 0 aliphatic carbocycles. The number of carbonyl (C=O) groups excluding carboxylic acids is 2. The van der Waals surface area contributed by atoms with Gasteiger partial charge in [-0.2, -0.15) is 0 Å². The minimum absolute atomic E-state index is 0.0682. The van der Waals surface area contributed by atoms with E-state index in [0.717, 1.165) is 25.7 Å². The highest BCUT2D eigenvalue weighted by Gasteiger charge is 2.47. The molecule has 0 radical (unpaired) electrons. The SMILES string of the molecule is CC/C=C/C=C/C=C/C=C/C=C/CCCC(=O)OC(COC(=O)CCCCCCCCCCCCCCCCCCCCCC)CO[C@@H]1O[C@H](CO[C@@H]2O[C@H](CO)[C@H](O)C(O)C2O)[C@H](O)C(O)C1O. The molecule has 7 N–H and O–H groups in total. The summed E-state index contributed by atoms with van der Waals surface area (Å²) in [5.74, 6) is -1.01. The van der Waals surface area contributed by atoms with Crippen LogP contribution < -0.4 is 0 Å². The molecule has 2 aliphatic heterocycles. The molecule has 2 rings (SSSR count). The molecule has 0 spiro atoms. The largest absolute Gasteiger partial charge is 0.462 e. The number of aliphatic hydroxyl groups is 7. The molecular weight excluding hydrogens is 889 g/mol. The maximum Gasteiger partial charge on any atom is 0.306 e. The Kier molecular flexibility index (Phi) is 36.8. The molecular formula is C54H92O15. The van der Waals surface area contributed by atoms with Crippen molar-refractivity contribution in [3.63, 3.8) is 0 Å². The Labute approximate surface area is 413 Å². The summed E-state index contributed by atoms with van der Waals surface area (Å²) in [5.41, 5.74) is 0. The van der Waals surface area contributed by atoms with Crippen molar-refractivity contribution >= 4 is 11.9 Å². The van der Waals surface area contributed by atoms with E-state index in [9.17, 15) is 45.3 Å². The molecule has 0 aromatic rings. The van der Waals surface area contributed by atoms with E-state index in [0.29, 0.717) is 19.3 Å². The van der Waals surface area contributed by atoms with Crippen LogP contribution in [0.2, 0.25) is 0 Å². The molecule has 2 saturated heterocycles. The predicted molar refractivity (Wildman–Crippen MR) is 266 cm³/mol. The highest BCUT2D eigenvalue weighted by atomic mass is 16.7. The van der Waals surface area contributed by atoms with Gasteiger partial charge in [-0.05, 0) is 25.7 Å². The van der Waals surface area contributed by atoms with E-state index in [1.807, 2.05) is 54.7 Å². The first-order valence-electron chi connectivity index (χ1n) is 26.4. The van der Waals surface area contributed by atoms with Crippen molar-refractivity contribution in [3.8, 4) is 0 Å². The second-order valence-corrected chi connectivity index (χ2v) is 18.5. The lowest BCUT2D eigenvalue weighted by Gasteiger charge is -2.42. The van der Waals surface area contributed by atoms with Crippen molar-refractivity contribution in [1.82, 2.24) is 0 Å². The van der Waals surface area contributed by atoms with Gasteiger partial charge in [0.15, 0.2) is 18.7 Å². The second-order valence-electron chi connectivity index (χ2n) is 18.5. The number of aliphatic hydroxyl groups excluding tert-OH is 7. The maximum absolute atomic E-state index is 13.0. The van der Waals surface area contributed by atoms with Gasteiger partial charge < -0.3 is 64.2 Å². The van der Waals surface area contributed by atoms with E-state index in [-0.39, 0.29) is 19.4 Å². The molecule has 15 heteroatoms. The summed E-state index contributed by atoms with van der Waals surface area (Å²) in [7, 11) is 0. The molecule has 0 aromatic heterocycles. The van der Waals surface area contributed by atoms with Crippen LogP contribution in [0.1, 0.15) is 174 Å². The van der Waals surface area contributed by atoms with Crippen LogP contribution in [0.5, 0.6) is 0 Å². The van der Waals surface area contributed by atoms with Crippen LogP contribution in [-0.4, -0.2) is 142 Å². The lowest BCUT2D eigenvalue weighted by Crippen LogP contribution is -2.61. The van der Waals surface area contributed by atoms with Crippen LogP contribution in [0.15, 0.2) is 60.8 Å². The summed E-state index contributed by atoms with van der Waals surface area (Å²) in [6.07, 6.45) is 29.9. The molecule has 69 heavy (non-hydrogen) atoms. The minimum atomic E-state index is -1.78. The zero-order chi connectivity index (χ0) is 50.3. The van der Waals surface area contributed by atoms with E-state index in [2.05, 4.69) is 19.9 Å². The smallest absolute Gasteiger partial charge is 0.306 e. The van der Waals surface area contributed by atoms with Crippen molar-refractivity contribution in [2.45, 2.75) is 242 Å². The molecule has 0 bridgehead atoms. The molecule has 2 aliphatic rings. The zero-order valence-corrected chi connectivity index (χ0v) is 42.0. The first-order valence-corrected chi connectivity index (χ1v) is 26.4. The summed E-state index contributed by atoms with van der Waals surface area (Å²) >= 11 is 0. The van der Waals surface area contributed by atoms with Gasteiger partial charge in [0.05, 0.1) is 19.8 Å². The number of allylic oxidation sites excluding steroid dienone is 10. The van der Waals surface area contributed by atoms with E-state index in [1.165, 1.54) is 103 Å². The van der Waals surface area contributed by atoms with Crippen LogP contribution in [0.4, 0.5) is 0 Å². The molecule has 11 atom stereocenters. The van der Waals surface area contributed by atoms with E-state index >= 15 is 0 Å². The average molecular weight is 981 g/mol. The van der Waals surface area contributed by atoms with Crippen molar-refractivity contribution in [2.24, 2.45) is 0 Å². The molecule has 0 saturated carbocycles. The Morgan fingerprint density at radius 2 is 0.913 bits per heavy atom. The first-order chi connectivity index (χ1) is 33.5. The van der Waals surface area contributed by atoms with Crippen molar-refractivity contribution in [3.05, 3.63) is 60.8 Å². The Balaban J connectivity index is 1.79. The zero-order valence-electron chi connectivity index (χ0n) is 42.0. The molecule has 0 amide bonds. The fourth-order valence-corrected chi connectivity index (χ4v) is 8.07. The average Bonchev–Trinajstić information content (AvgIpc) is 3.34. The first kappa shape index (κ1) is 62.3. The topological polar surface area (TPSA) is 231 Å². The van der Waals surface area contributed by atoms with Gasteiger partial charge in [-0.3, -0.25) is 9.59 Å². The predicted octanol–water partition coefficient (Wildman–Crippen LogP) is 7.66. The normalized spacial score (nSPS) is 26.0. The van der Waals surface area contributed by atoms with E-state index in [4.69, 9.17) is 28.4 Å². The van der Waals surface area contributed by atoms with Crippen molar-refractivity contribution < 1.29 is 73.8 Å². The van der Waals surface area contributed by atoms with Gasteiger partial charge in [0, 0.05) is 12.8 Å². The molecule has 5 unspecified atom stereocenters. The standard InChI is InChI=1S/C54H92O15/c1-3-5-7-9-11-13-15-17-18-19-20-21-22-23-25-26-28-30-32-34-36-45(56)64-39-42(67-46(57)37-35-33-31-29-27-24-16-14-12-10-8-6-4-2)40-65-53-52(63)50(61)48(59)44(69-53)41-66-54-51(62)49(60)47(58)43(38-55)68-54/h6,8,10,12,14,16,24,27,29,31,42-44,47-55,58-63H,3-5,7,9,11,13,15,17-23,25-26,28,30,32-41H2,1-2H3/b8-6+,12-10+,16-14+,27-24+,31-29+/t42?,43-,44-,47+,48+,49?,50?,51?,52?,53-,54-/m1/s1. The second kappa shape index (κ2) is 40.8. The lowest BCUT2D eigenvalue weighted by molar-refractivity contribution is -0.332. The molecule has 398 valence electrons. The summed E-state index contributed by atoms with van der Waals surface area (Å²) in [6.45, 7) is 2.37. The molecule has 2 fully saturated rings. The fourth-order valence-electron chi connectivity index (χ4n) is 8.07. The fraction of sp³-hybridized carbons (Fsp3) is 0.778. The lowest BCUT2D eigenvalue weighted by atomic mass is 9.98. The van der Waals surface area contributed by atoms with Gasteiger partial charge in [-0.25, -0.2) is 0 Å². The van der Waals surface area contributed by atoms with Gasteiger partial charge in [-0.15, -0.1) is 0 Å². The third kappa shape index (κ3) is 28.7. The third-order valence-electron chi connectivity index (χ3n) is 12.4. The van der Waals surface area contributed by atoms with Crippen LogP contribution in [0, 0.1) is 0 Å². The summed E-state index contributed by atoms with van der Waals surface area (Å²) in [5, 5.41) is 72.1. The van der Waals surface area contributed by atoms with Crippen LogP contribution in [0.3, 0.4) is 0 Å². The van der Waals surface area contributed by atoms with E-state index < -0.39 is 99.3 Å². The van der Waals surface area contributed by atoms with Crippen LogP contribution in [0.25, 0.3) is 0 Å². The van der Waals surface area contributed by atoms with Gasteiger partial charge >= 0.3 is 11.9 Å². The summed E-state index contributed by atoms with van der Waals surface area (Å²) in [4.78, 5) is 25.7. The summed E-state index contributed by atoms with van der Waals surface area (Å²) in [6, 6.07) is 0. The Morgan fingerprint density at radius 3 is 1.42 bits per heavy atom. The number of unbranched alkanes of at least 4 members (excludes halogenated alkanes) is 20. The summed E-state index contributed by atoms with van der Waals surface area (Å²) < 4.78 is 33.5.